The molecule has 0 saturated carbocycles. The standard InChI is InChI=1S/C21H30ClN3O2/c1-3-24(4-2)13-7-12-23-20(27)21(17-8-5-6-9-18(17)22)14-16-10-11-19(26)25(16)15-21/h5-6,8-9,16H,3-4,7,10-15H2,1-2H3,(H,23,27). The Morgan fingerprint density at radius 2 is 2.07 bits per heavy atom. The molecule has 2 fully saturated rings. The van der Waals surface area contributed by atoms with Crippen molar-refractivity contribution in [3.63, 3.8) is 0 Å². The van der Waals surface area contributed by atoms with E-state index in [9.17, 15) is 9.59 Å². The fourth-order valence-corrected chi connectivity index (χ4v) is 4.84. The van der Waals surface area contributed by atoms with E-state index in [0.29, 0.717) is 31.0 Å². The van der Waals surface area contributed by atoms with Gasteiger partial charge in [0.2, 0.25) is 11.8 Å². The molecule has 6 heteroatoms. The summed E-state index contributed by atoms with van der Waals surface area (Å²) in [4.78, 5) is 29.8. The fraction of sp³-hybridized carbons (Fsp3) is 0.619. The molecule has 27 heavy (non-hydrogen) atoms. The van der Waals surface area contributed by atoms with Gasteiger partial charge in [0.05, 0.1) is 5.41 Å². The molecule has 0 aliphatic carbocycles. The fourth-order valence-electron chi connectivity index (χ4n) is 4.53. The van der Waals surface area contributed by atoms with Gasteiger partial charge in [0.1, 0.15) is 0 Å². The maximum atomic E-state index is 13.3. The molecule has 148 valence electrons. The van der Waals surface area contributed by atoms with Gasteiger partial charge in [-0.2, -0.15) is 0 Å². The highest BCUT2D eigenvalue weighted by atomic mass is 35.5. The smallest absolute Gasteiger partial charge is 0.232 e. The van der Waals surface area contributed by atoms with Crippen LogP contribution in [-0.2, 0) is 15.0 Å². The maximum Gasteiger partial charge on any atom is 0.232 e. The van der Waals surface area contributed by atoms with Crippen molar-refractivity contribution >= 4 is 23.4 Å². The summed E-state index contributed by atoms with van der Waals surface area (Å²) in [6, 6.07) is 7.71. The van der Waals surface area contributed by atoms with E-state index in [-0.39, 0.29) is 17.9 Å². The number of halogens is 1. The number of rotatable bonds is 8. The lowest BCUT2D eigenvalue weighted by molar-refractivity contribution is -0.129. The summed E-state index contributed by atoms with van der Waals surface area (Å²) in [7, 11) is 0. The van der Waals surface area contributed by atoms with Crippen LogP contribution in [0.5, 0.6) is 0 Å². The Labute approximate surface area is 167 Å². The van der Waals surface area contributed by atoms with Gasteiger partial charge in [-0.05, 0) is 50.5 Å². The number of carbonyl (C=O) groups is 2. The van der Waals surface area contributed by atoms with E-state index >= 15 is 0 Å². The normalized spacial score (nSPS) is 24.5. The van der Waals surface area contributed by atoms with Crippen LogP contribution in [0, 0.1) is 0 Å². The molecule has 2 atom stereocenters. The minimum Gasteiger partial charge on any atom is -0.355 e. The van der Waals surface area contributed by atoms with E-state index in [1.54, 1.807) is 0 Å². The molecule has 2 unspecified atom stereocenters. The van der Waals surface area contributed by atoms with Gasteiger partial charge in [-0.1, -0.05) is 43.6 Å². The van der Waals surface area contributed by atoms with Crippen molar-refractivity contribution in [2.75, 3.05) is 32.7 Å². The van der Waals surface area contributed by atoms with Crippen LogP contribution in [0.15, 0.2) is 24.3 Å². The van der Waals surface area contributed by atoms with Crippen LogP contribution in [-0.4, -0.2) is 60.4 Å². The summed E-state index contributed by atoms with van der Waals surface area (Å²) >= 11 is 6.48. The molecule has 0 spiro atoms. The summed E-state index contributed by atoms with van der Waals surface area (Å²) in [6.45, 7) is 8.38. The van der Waals surface area contributed by atoms with Crippen molar-refractivity contribution in [2.24, 2.45) is 0 Å². The van der Waals surface area contributed by atoms with Gasteiger partial charge in [-0.3, -0.25) is 9.59 Å². The van der Waals surface area contributed by atoms with Crippen LogP contribution in [0.3, 0.4) is 0 Å². The predicted octanol–water partition coefficient (Wildman–Crippen LogP) is 2.82. The second-order valence-electron chi connectivity index (χ2n) is 7.62. The first kappa shape index (κ1) is 20.2. The summed E-state index contributed by atoms with van der Waals surface area (Å²) in [5.74, 6) is 0.153. The van der Waals surface area contributed by atoms with Gasteiger partial charge in [-0.15, -0.1) is 0 Å². The third-order valence-corrected chi connectivity index (χ3v) is 6.46. The quantitative estimate of drug-likeness (QED) is 0.693. The summed E-state index contributed by atoms with van der Waals surface area (Å²) in [5, 5.41) is 3.74. The Kier molecular flexibility index (Phi) is 6.43. The first-order valence-electron chi connectivity index (χ1n) is 10.1. The van der Waals surface area contributed by atoms with Crippen molar-refractivity contribution in [1.29, 1.82) is 0 Å². The summed E-state index contributed by atoms with van der Waals surface area (Å²) < 4.78 is 0. The van der Waals surface area contributed by atoms with E-state index in [4.69, 9.17) is 11.6 Å². The number of hydrogen-bond acceptors (Lipinski definition) is 3. The molecule has 0 radical (unpaired) electrons. The van der Waals surface area contributed by atoms with Crippen LogP contribution in [0.25, 0.3) is 0 Å². The average Bonchev–Trinajstić information content (AvgIpc) is 3.22. The van der Waals surface area contributed by atoms with E-state index in [0.717, 1.165) is 38.0 Å². The van der Waals surface area contributed by atoms with Crippen LogP contribution >= 0.6 is 11.6 Å². The average molecular weight is 392 g/mol. The molecule has 5 nitrogen and oxygen atoms in total. The molecule has 1 aromatic rings. The van der Waals surface area contributed by atoms with Gasteiger partial charge in [-0.25, -0.2) is 0 Å². The minimum atomic E-state index is -0.742. The molecule has 0 aromatic heterocycles. The molecule has 3 rings (SSSR count). The SMILES string of the molecule is CCN(CC)CCCNC(=O)C1(c2ccccc2Cl)CC2CCC(=O)N2C1. The van der Waals surface area contributed by atoms with Crippen LogP contribution in [0.1, 0.15) is 45.1 Å². The van der Waals surface area contributed by atoms with Crippen molar-refractivity contribution in [1.82, 2.24) is 15.1 Å². The molecule has 2 aliphatic rings. The Bertz CT molecular complexity index is 692. The number of fused-ring (bicyclic) bond motifs is 1. The highest BCUT2D eigenvalue weighted by molar-refractivity contribution is 6.31. The topological polar surface area (TPSA) is 52.7 Å². The second kappa shape index (κ2) is 8.61. The Balaban J connectivity index is 1.74. The maximum absolute atomic E-state index is 13.3. The van der Waals surface area contributed by atoms with Gasteiger partial charge in [0.15, 0.2) is 0 Å². The van der Waals surface area contributed by atoms with E-state index in [1.807, 2.05) is 29.2 Å². The van der Waals surface area contributed by atoms with Gasteiger partial charge >= 0.3 is 0 Å². The first-order chi connectivity index (χ1) is 13.0. The molecule has 1 N–H and O–H groups in total. The Hall–Kier alpha value is -1.59. The lowest BCUT2D eigenvalue weighted by Gasteiger charge is -2.30. The Morgan fingerprint density at radius 1 is 1.33 bits per heavy atom. The largest absolute Gasteiger partial charge is 0.355 e. The van der Waals surface area contributed by atoms with Crippen LogP contribution in [0.2, 0.25) is 5.02 Å². The zero-order valence-electron chi connectivity index (χ0n) is 16.3. The molecule has 2 amide bonds. The highest BCUT2D eigenvalue weighted by Crippen LogP contribution is 2.45. The number of benzene rings is 1. The van der Waals surface area contributed by atoms with Crippen molar-refractivity contribution in [3.8, 4) is 0 Å². The molecule has 2 saturated heterocycles. The third-order valence-electron chi connectivity index (χ3n) is 6.13. The van der Waals surface area contributed by atoms with E-state index < -0.39 is 5.41 Å². The monoisotopic (exact) mass is 391 g/mol. The second-order valence-corrected chi connectivity index (χ2v) is 8.02. The van der Waals surface area contributed by atoms with Gasteiger partial charge in [0.25, 0.3) is 0 Å². The molecular formula is C21H30ClN3O2. The Morgan fingerprint density at radius 3 is 2.74 bits per heavy atom. The molecule has 0 bridgehead atoms. The predicted molar refractivity (Wildman–Crippen MR) is 108 cm³/mol. The zero-order valence-corrected chi connectivity index (χ0v) is 17.1. The number of carbonyl (C=O) groups excluding carboxylic acids is 2. The highest BCUT2D eigenvalue weighted by Gasteiger charge is 2.54. The molecule has 2 aliphatic heterocycles. The van der Waals surface area contributed by atoms with E-state index in [1.165, 1.54) is 0 Å². The lowest BCUT2D eigenvalue weighted by Crippen LogP contribution is -2.47. The minimum absolute atomic E-state index is 0.00246. The number of nitrogens with zero attached hydrogens (tertiary/aromatic N) is 2. The lowest BCUT2D eigenvalue weighted by atomic mass is 9.76. The first-order valence-corrected chi connectivity index (χ1v) is 10.4. The third kappa shape index (κ3) is 3.99. The van der Waals surface area contributed by atoms with Crippen molar-refractivity contribution < 1.29 is 9.59 Å². The summed E-state index contributed by atoms with van der Waals surface area (Å²) in [6.07, 6.45) is 3.00. The van der Waals surface area contributed by atoms with Crippen molar-refractivity contribution in [3.05, 3.63) is 34.9 Å². The van der Waals surface area contributed by atoms with E-state index in [2.05, 4.69) is 24.1 Å². The number of nitrogens with one attached hydrogen (secondary N) is 1. The number of amides is 2. The zero-order chi connectivity index (χ0) is 19.4. The van der Waals surface area contributed by atoms with Gasteiger partial charge in [0, 0.05) is 30.6 Å². The molecule has 2 heterocycles. The van der Waals surface area contributed by atoms with Crippen molar-refractivity contribution in [2.45, 2.75) is 51.0 Å². The number of hydrogen-bond donors (Lipinski definition) is 1. The summed E-state index contributed by atoms with van der Waals surface area (Å²) in [5.41, 5.74) is 0.101. The molecular weight excluding hydrogens is 362 g/mol. The van der Waals surface area contributed by atoms with Gasteiger partial charge < -0.3 is 15.1 Å². The van der Waals surface area contributed by atoms with Crippen LogP contribution in [0.4, 0.5) is 0 Å². The molecule has 1 aromatic carbocycles. The van der Waals surface area contributed by atoms with Crippen LogP contribution < -0.4 is 5.32 Å².